The molecule has 0 aromatic carbocycles. The SMILES string of the molecule is CCn1nc(C(C)C)c2nc(C(F)(F)F)ccc2c1=O. The highest BCUT2D eigenvalue weighted by molar-refractivity contribution is 5.80. The molecule has 0 aliphatic heterocycles. The van der Waals surface area contributed by atoms with Gasteiger partial charge in [-0.1, -0.05) is 13.8 Å². The van der Waals surface area contributed by atoms with Crippen LogP contribution in [0.3, 0.4) is 0 Å². The molecular formula is C13H14F3N3O. The van der Waals surface area contributed by atoms with Crippen LogP contribution in [0.1, 0.15) is 38.1 Å². The summed E-state index contributed by atoms with van der Waals surface area (Å²) >= 11 is 0. The number of pyridine rings is 1. The van der Waals surface area contributed by atoms with E-state index < -0.39 is 17.4 Å². The molecule has 108 valence electrons. The fraction of sp³-hybridized carbons (Fsp3) is 0.462. The molecule has 20 heavy (non-hydrogen) atoms. The molecule has 2 rings (SSSR count). The number of hydrogen-bond acceptors (Lipinski definition) is 3. The summed E-state index contributed by atoms with van der Waals surface area (Å²) in [7, 11) is 0. The lowest BCUT2D eigenvalue weighted by Gasteiger charge is -2.13. The summed E-state index contributed by atoms with van der Waals surface area (Å²) in [5.74, 6) is -0.133. The van der Waals surface area contributed by atoms with Crippen LogP contribution in [0.25, 0.3) is 10.9 Å². The Balaban J connectivity index is 2.87. The molecule has 0 fully saturated rings. The molecule has 0 amide bonds. The largest absolute Gasteiger partial charge is 0.433 e. The molecule has 4 nitrogen and oxygen atoms in total. The van der Waals surface area contributed by atoms with E-state index in [0.29, 0.717) is 12.2 Å². The van der Waals surface area contributed by atoms with Crippen molar-refractivity contribution in [2.24, 2.45) is 0 Å². The monoisotopic (exact) mass is 285 g/mol. The van der Waals surface area contributed by atoms with Crippen molar-refractivity contribution in [2.45, 2.75) is 39.4 Å². The third kappa shape index (κ3) is 2.39. The van der Waals surface area contributed by atoms with Gasteiger partial charge in [0.1, 0.15) is 11.2 Å². The lowest BCUT2D eigenvalue weighted by atomic mass is 10.1. The minimum Gasteiger partial charge on any atom is -0.267 e. The van der Waals surface area contributed by atoms with Crippen LogP contribution in [0.5, 0.6) is 0 Å². The van der Waals surface area contributed by atoms with E-state index in [0.717, 1.165) is 6.07 Å². The summed E-state index contributed by atoms with van der Waals surface area (Å²) in [5, 5.41) is 4.28. The Morgan fingerprint density at radius 1 is 1.30 bits per heavy atom. The quantitative estimate of drug-likeness (QED) is 0.852. The maximum absolute atomic E-state index is 12.7. The second-order valence-electron chi connectivity index (χ2n) is 4.75. The van der Waals surface area contributed by atoms with Gasteiger partial charge in [-0.05, 0) is 25.0 Å². The number of rotatable bonds is 2. The van der Waals surface area contributed by atoms with Crippen molar-refractivity contribution in [3.05, 3.63) is 33.9 Å². The third-order valence-corrected chi connectivity index (χ3v) is 2.97. The van der Waals surface area contributed by atoms with Gasteiger partial charge in [0.05, 0.1) is 11.1 Å². The van der Waals surface area contributed by atoms with Crippen molar-refractivity contribution in [1.29, 1.82) is 0 Å². The van der Waals surface area contributed by atoms with Crippen LogP contribution < -0.4 is 5.56 Å². The van der Waals surface area contributed by atoms with Crippen molar-refractivity contribution in [3.8, 4) is 0 Å². The Labute approximate surface area is 113 Å². The first-order chi connectivity index (χ1) is 9.25. The standard InChI is InChI=1S/C13H14F3N3O/c1-4-19-12(20)8-5-6-9(13(14,15)16)17-11(8)10(18-19)7(2)3/h5-7H,4H2,1-3H3. The van der Waals surface area contributed by atoms with Crippen LogP contribution >= 0.6 is 0 Å². The van der Waals surface area contributed by atoms with Crippen molar-refractivity contribution < 1.29 is 13.2 Å². The van der Waals surface area contributed by atoms with Gasteiger partial charge in [0.2, 0.25) is 0 Å². The lowest BCUT2D eigenvalue weighted by Crippen LogP contribution is -2.25. The highest BCUT2D eigenvalue weighted by atomic mass is 19.4. The summed E-state index contributed by atoms with van der Waals surface area (Å²) < 4.78 is 39.4. The molecule has 0 unspecified atom stereocenters. The number of fused-ring (bicyclic) bond motifs is 1. The Morgan fingerprint density at radius 2 is 1.95 bits per heavy atom. The summed E-state index contributed by atoms with van der Waals surface area (Å²) in [5.41, 5.74) is -1.01. The fourth-order valence-electron chi connectivity index (χ4n) is 1.95. The van der Waals surface area contributed by atoms with Crippen molar-refractivity contribution in [1.82, 2.24) is 14.8 Å². The first-order valence-electron chi connectivity index (χ1n) is 6.24. The molecule has 0 aliphatic rings. The topological polar surface area (TPSA) is 47.8 Å². The van der Waals surface area contributed by atoms with Gasteiger partial charge in [0, 0.05) is 6.54 Å². The van der Waals surface area contributed by atoms with Crippen LogP contribution in [-0.4, -0.2) is 14.8 Å². The second kappa shape index (κ2) is 4.88. The van der Waals surface area contributed by atoms with Crippen molar-refractivity contribution in [2.75, 3.05) is 0 Å². The first-order valence-corrected chi connectivity index (χ1v) is 6.24. The van der Waals surface area contributed by atoms with Crippen molar-refractivity contribution in [3.63, 3.8) is 0 Å². The van der Waals surface area contributed by atoms with Gasteiger partial charge in [0.25, 0.3) is 5.56 Å². The van der Waals surface area contributed by atoms with Gasteiger partial charge < -0.3 is 0 Å². The molecule has 0 bridgehead atoms. The average Bonchev–Trinajstić information content (AvgIpc) is 2.37. The smallest absolute Gasteiger partial charge is 0.267 e. The van der Waals surface area contributed by atoms with E-state index in [1.165, 1.54) is 10.7 Å². The predicted molar refractivity (Wildman–Crippen MR) is 68.6 cm³/mol. The van der Waals surface area contributed by atoms with E-state index >= 15 is 0 Å². The van der Waals surface area contributed by atoms with Crippen LogP contribution in [-0.2, 0) is 12.7 Å². The molecule has 2 aromatic heterocycles. The van der Waals surface area contributed by atoms with Crippen LogP contribution in [0.2, 0.25) is 0 Å². The maximum Gasteiger partial charge on any atom is 0.433 e. The first kappa shape index (κ1) is 14.5. The Kier molecular flexibility index (Phi) is 3.54. The molecule has 0 spiro atoms. The molecule has 0 N–H and O–H groups in total. The van der Waals surface area contributed by atoms with Gasteiger partial charge in [-0.15, -0.1) is 0 Å². The number of aromatic nitrogens is 3. The molecule has 7 heteroatoms. The van der Waals surface area contributed by atoms with E-state index in [-0.39, 0.29) is 16.8 Å². The zero-order valence-corrected chi connectivity index (χ0v) is 11.3. The number of nitrogens with zero attached hydrogens (tertiary/aromatic N) is 3. The highest BCUT2D eigenvalue weighted by Crippen LogP contribution is 2.29. The van der Waals surface area contributed by atoms with Gasteiger partial charge >= 0.3 is 6.18 Å². The Bertz CT molecular complexity index is 704. The van der Waals surface area contributed by atoms with Crippen LogP contribution in [0, 0.1) is 0 Å². The zero-order valence-electron chi connectivity index (χ0n) is 11.3. The molecule has 0 saturated heterocycles. The van der Waals surface area contributed by atoms with E-state index in [4.69, 9.17) is 0 Å². The Hall–Kier alpha value is -1.92. The van der Waals surface area contributed by atoms with Gasteiger partial charge in [0.15, 0.2) is 0 Å². The number of alkyl halides is 3. The third-order valence-electron chi connectivity index (χ3n) is 2.97. The van der Waals surface area contributed by atoms with E-state index in [2.05, 4.69) is 10.1 Å². The number of halogens is 3. The molecule has 0 radical (unpaired) electrons. The number of aryl methyl sites for hydroxylation is 1. The van der Waals surface area contributed by atoms with Gasteiger partial charge in [-0.2, -0.15) is 18.3 Å². The summed E-state index contributed by atoms with van der Waals surface area (Å²) in [4.78, 5) is 15.7. The normalized spacial score (nSPS) is 12.3. The average molecular weight is 285 g/mol. The molecule has 2 aromatic rings. The van der Waals surface area contributed by atoms with E-state index in [9.17, 15) is 18.0 Å². The zero-order chi connectivity index (χ0) is 15.1. The minimum atomic E-state index is -4.54. The molecular weight excluding hydrogens is 271 g/mol. The van der Waals surface area contributed by atoms with Gasteiger partial charge in [-0.25, -0.2) is 9.67 Å². The predicted octanol–water partition coefficient (Wildman–Crippen LogP) is 2.95. The van der Waals surface area contributed by atoms with Gasteiger partial charge in [-0.3, -0.25) is 4.79 Å². The van der Waals surface area contributed by atoms with Crippen LogP contribution in [0.4, 0.5) is 13.2 Å². The van der Waals surface area contributed by atoms with E-state index in [1.54, 1.807) is 20.8 Å². The highest BCUT2D eigenvalue weighted by Gasteiger charge is 2.33. The Morgan fingerprint density at radius 3 is 2.45 bits per heavy atom. The van der Waals surface area contributed by atoms with Crippen LogP contribution in [0.15, 0.2) is 16.9 Å². The summed E-state index contributed by atoms with van der Waals surface area (Å²) in [6, 6.07) is 2.00. The molecule has 0 atom stereocenters. The fourth-order valence-corrected chi connectivity index (χ4v) is 1.95. The summed E-state index contributed by atoms with van der Waals surface area (Å²) in [6.45, 7) is 5.71. The second-order valence-corrected chi connectivity index (χ2v) is 4.75. The lowest BCUT2D eigenvalue weighted by molar-refractivity contribution is -0.140. The molecule has 2 heterocycles. The maximum atomic E-state index is 12.7. The molecule has 0 aliphatic carbocycles. The van der Waals surface area contributed by atoms with Crippen molar-refractivity contribution >= 4 is 10.9 Å². The summed E-state index contributed by atoms with van der Waals surface area (Å²) in [6.07, 6.45) is -4.54. The minimum absolute atomic E-state index is 0.0320. The number of hydrogen-bond donors (Lipinski definition) is 0. The molecule has 0 saturated carbocycles. The van der Waals surface area contributed by atoms with E-state index in [1.807, 2.05) is 0 Å².